The monoisotopic (exact) mass is 419 g/mol. The maximum Gasteiger partial charge on any atom is 0.243 e. The molecule has 3 rings (SSSR count). The largest absolute Gasteiger partial charge is 0.354 e. The van der Waals surface area contributed by atoms with E-state index >= 15 is 0 Å². The molecule has 5 nitrogen and oxygen atoms in total. The van der Waals surface area contributed by atoms with Crippen molar-refractivity contribution in [2.75, 3.05) is 13.1 Å². The van der Waals surface area contributed by atoms with E-state index in [1.165, 1.54) is 12.1 Å². The molecule has 2 amide bonds. The van der Waals surface area contributed by atoms with Crippen molar-refractivity contribution >= 4 is 24.2 Å². The van der Waals surface area contributed by atoms with Crippen molar-refractivity contribution in [1.82, 2.24) is 10.2 Å². The molecular weight excluding hydrogens is 393 g/mol. The van der Waals surface area contributed by atoms with Crippen LogP contribution in [0.5, 0.6) is 0 Å². The summed E-state index contributed by atoms with van der Waals surface area (Å²) in [6, 6.07) is 13.6. The quantitative estimate of drug-likeness (QED) is 0.755. The fourth-order valence-corrected chi connectivity index (χ4v) is 3.47. The van der Waals surface area contributed by atoms with E-state index in [1.54, 1.807) is 24.0 Å². The van der Waals surface area contributed by atoms with E-state index < -0.39 is 6.04 Å². The van der Waals surface area contributed by atoms with E-state index in [0.717, 1.165) is 16.7 Å². The van der Waals surface area contributed by atoms with Crippen molar-refractivity contribution < 1.29 is 14.0 Å². The molecule has 2 aromatic carbocycles. The van der Waals surface area contributed by atoms with E-state index in [-0.39, 0.29) is 42.5 Å². The molecule has 1 aliphatic heterocycles. The first-order valence-corrected chi connectivity index (χ1v) is 9.59. The Bertz CT molecular complexity index is 844. The Hall–Kier alpha value is -2.44. The van der Waals surface area contributed by atoms with Crippen LogP contribution in [0.25, 0.3) is 0 Å². The van der Waals surface area contributed by atoms with Gasteiger partial charge >= 0.3 is 0 Å². The Morgan fingerprint density at radius 2 is 1.83 bits per heavy atom. The molecule has 0 aliphatic carbocycles. The van der Waals surface area contributed by atoms with Crippen LogP contribution >= 0.6 is 12.4 Å². The van der Waals surface area contributed by atoms with Crippen molar-refractivity contribution in [1.29, 1.82) is 0 Å². The predicted octanol–water partition coefficient (Wildman–Crippen LogP) is 2.45. The molecule has 0 fully saturated rings. The number of rotatable bonds is 6. The number of nitrogens with one attached hydrogen (secondary N) is 1. The van der Waals surface area contributed by atoms with Gasteiger partial charge in [-0.25, -0.2) is 4.39 Å². The van der Waals surface area contributed by atoms with Gasteiger partial charge in [0.1, 0.15) is 11.9 Å². The second-order valence-corrected chi connectivity index (χ2v) is 7.26. The van der Waals surface area contributed by atoms with Gasteiger partial charge in [0.05, 0.1) is 0 Å². The highest BCUT2D eigenvalue weighted by Crippen LogP contribution is 2.25. The molecule has 2 aromatic rings. The number of carbonyl (C=O) groups is 2. The summed E-state index contributed by atoms with van der Waals surface area (Å²) >= 11 is 0. The van der Waals surface area contributed by atoms with Gasteiger partial charge in [-0.05, 0) is 35.2 Å². The first kappa shape index (κ1) is 22.8. The lowest BCUT2D eigenvalue weighted by Gasteiger charge is -2.37. The van der Waals surface area contributed by atoms with Crippen LogP contribution in [0.4, 0.5) is 4.39 Å². The Morgan fingerprint density at radius 1 is 1.17 bits per heavy atom. The second kappa shape index (κ2) is 10.4. The van der Waals surface area contributed by atoms with Crippen molar-refractivity contribution in [3.05, 3.63) is 71.0 Å². The highest BCUT2D eigenvalue weighted by Gasteiger charge is 2.35. The van der Waals surface area contributed by atoms with Gasteiger partial charge in [0.25, 0.3) is 0 Å². The highest BCUT2D eigenvalue weighted by molar-refractivity contribution is 5.89. The molecule has 0 aromatic heterocycles. The first-order chi connectivity index (χ1) is 13.5. The molecule has 0 radical (unpaired) electrons. The van der Waals surface area contributed by atoms with E-state index in [1.807, 2.05) is 24.3 Å². The molecule has 29 heavy (non-hydrogen) atoms. The smallest absolute Gasteiger partial charge is 0.243 e. The van der Waals surface area contributed by atoms with Crippen LogP contribution in [0, 0.1) is 11.7 Å². The third-order valence-electron chi connectivity index (χ3n) is 5.24. The van der Waals surface area contributed by atoms with Crippen LogP contribution in [-0.4, -0.2) is 35.8 Å². The van der Waals surface area contributed by atoms with E-state index in [4.69, 9.17) is 5.73 Å². The molecule has 156 valence electrons. The normalized spacial score (nSPS) is 16.4. The Labute approximate surface area is 176 Å². The Balaban J connectivity index is 0.00000300. The third kappa shape index (κ3) is 5.55. The predicted molar refractivity (Wildman–Crippen MR) is 113 cm³/mol. The zero-order valence-corrected chi connectivity index (χ0v) is 17.3. The average Bonchev–Trinajstić information content (AvgIpc) is 2.73. The van der Waals surface area contributed by atoms with E-state index in [9.17, 15) is 14.0 Å². The van der Waals surface area contributed by atoms with Gasteiger partial charge in [-0.15, -0.1) is 12.4 Å². The summed E-state index contributed by atoms with van der Waals surface area (Å²) < 4.78 is 13.0. The minimum absolute atomic E-state index is 0. The van der Waals surface area contributed by atoms with Crippen LogP contribution < -0.4 is 11.1 Å². The molecule has 1 heterocycles. The summed E-state index contributed by atoms with van der Waals surface area (Å²) in [5.41, 5.74) is 8.77. The molecule has 0 saturated carbocycles. The van der Waals surface area contributed by atoms with Crippen molar-refractivity contribution in [2.45, 2.75) is 32.4 Å². The van der Waals surface area contributed by atoms with E-state index in [2.05, 4.69) is 5.32 Å². The van der Waals surface area contributed by atoms with Gasteiger partial charge in [-0.1, -0.05) is 43.3 Å². The number of benzene rings is 2. The molecule has 2 unspecified atom stereocenters. The van der Waals surface area contributed by atoms with Crippen LogP contribution in [0.15, 0.2) is 48.5 Å². The summed E-state index contributed by atoms with van der Waals surface area (Å²) in [4.78, 5) is 27.3. The minimum Gasteiger partial charge on any atom is -0.354 e. The molecule has 2 atom stereocenters. The van der Waals surface area contributed by atoms with E-state index in [0.29, 0.717) is 25.9 Å². The zero-order chi connectivity index (χ0) is 20.1. The minimum atomic E-state index is -0.551. The number of nitrogens with two attached hydrogens (primary N) is 1. The van der Waals surface area contributed by atoms with Gasteiger partial charge in [0.2, 0.25) is 11.8 Å². The fraction of sp³-hybridized carbons (Fsp3) is 0.364. The fourth-order valence-electron chi connectivity index (χ4n) is 3.47. The molecule has 0 spiro atoms. The number of fused-ring (bicyclic) bond motifs is 1. The van der Waals surface area contributed by atoms with Crippen LogP contribution in [0.2, 0.25) is 0 Å². The maximum atomic E-state index is 13.0. The van der Waals surface area contributed by atoms with Crippen molar-refractivity contribution in [3.63, 3.8) is 0 Å². The number of amides is 2. The molecule has 7 heteroatoms. The highest BCUT2D eigenvalue weighted by atomic mass is 35.5. The summed E-state index contributed by atoms with van der Waals surface area (Å²) in [6.45, 7) is 2.87. The first-order valence-electron chi connectivity index (χ1n) is 9.59. The average molecular weight is 420 g/mol. The van der Waals surface area contributed by atoms with Crippen molar-refractivity contribution in [2.24, 2.45) is 11.7 Å². The standard InChI is InChI=1S/C22H26FN3O2.ClH/c1-15(13-24)22(28)26-14-18-5-3-2-4-17(18)12-20(26)21(27)25-11-10-16-6-8-19(23)9-7-16;/h2-9,15,20H,10-14,24H2,1H3,(H,25,27);1H. The molecular formula is C22H27ClFN3O2. The number of halogens is 2. The lowest BCUT2D eigenvalue weighted by atomic mass is 9.92. The molecule has 0 saturated heterocycles. The maximum absolute atomic E-state index is 13.0. The van der Waals surface area contributed by atoms with Gasteiger partial charge in [0, 0.05) is 32.0 Å². The zero-order valence-electron chi connectivity index (χ0n) is 16.4. The van der Waals surface area contributed by atoms with Crippen molar-refractivity contribution in [3.8, 4) is 0 Å². The number of nitrogens with zero attached hydrogens (tertiary/aromatic N) is 1. The van der Waals surface area contributed by atoms with Gasteiger partial charge < -0.3 is 16.0 Å². The van der Waals surface area contributed by atoms with Crippen LogP contribution in [0.3, 0.4) is 0 Å². The van der Waals surface area contributed by atoms with Gasteiger partial charge in [0.15, 0.2) is 0 Å². The second-order valence-electron chi connectivity index (χ2n) is 7.26. The Morgan fingerprint density at radius 3 is 2.48 bits per heavy atom. The summed E-state index contributed by atoms with van der Waals surface area (Å²) in [7, 11) is 0. The van der Waals surface area contributed by atoms with Crippen LogP contribution in [0.1, 0.15) is 23.6 Å². The summed E-state index contributed by atoms with van der Waals surface area (Å²) in [6.07, 6.45) is 1.09. The van der Waals surface area contributed by atoms with Crippen LogP contribution in [-0.2, 0) is 29.0 Å². The lowest BCUT2D eigenvalue weighted by Crippen LogP contribution is -2.54. The van der Waals surface area contributed by atoms with Gasteiger partial charge in [-0.3, -0.25) is 9.59 Å². The topological polar surface area (TPSA) is 75.4 Å². The number of carbonyl (C=O) groups excluding carboxylic acids is 2. The van der Waals surface area contributed by atoms with Gasteiger partial charge in [-0.2, -0.15) is 0 Å². The number of hydrogen-bond donors (Lipinski definition) is 2. The SMILES string of the molecule is CC(CN)C(=O)N1Cc2ccccc2CC1C(=O)NCCc1ccc(F)cc1.Cl. The Kier molecular flexibility index (Phi) is 8.17. The summed E-state index contributed by atoms with van der Waals surface area (Å²) in [5, 5.41) is 2.93. The molecule has 3 N–H and O–H groups in total. The molecule has 1 aliphatic rings. The third-order valence-corrected chi connectivity index (χ3v) is 5.24. The lowest BCUT2D eigenvalue weighted by molar-refractivity contribution is -0.144. The number of hydrogen-bond acceptors (Lipinski definition) is 3. The summed E-state index contributed by atoms with van der Waals surface area (Å²) in [5.74, 6) is -0.888. The molecule has 0 bridgehead atoms.